The molecule has 5 heteroatoms. The smallest absolute Gasteiger partial charge is 0.410 e. The number of piperazine rings is 1. The van der Waals surface area contributed by atoms with Gasteiger partial charge in [0.1, 0.15) is 11.9 Å². The van der Waals surface area contributed by atoms with E-state index in [9.17, 15) is 9.59 Å². The molecule has 2 heterocycles. The van der Waals surface area contributed by atoms with Crippen LogP contribution in [0.1, 0.15) is 45.6 Å². The number of aldehydes is 1. The van der Waals surface area contributed by atoms with Gasteiger partial charge in [0.05, 0.1) is 6.04 Å². The zero-order valence-electron chi connectivity index (χ0n) is 15.4. The molecule has 2 aliphatic rings. The van der Waals surface area contributed by atoms with Gasteiger partial charge in [0.25, 0.3) is 0 Å². The van der Waals surface area contributed by atoms with E-state index in [0.717, 1.165) is 25.7 Å². The maximum atomic E-state index is 12.7. The van der Waals surface area contributed by atoms with Crippen molar-refractivity contribution in [3.05, 3.63) is 35.9 Å². The molecule has 2 saturated heterocycles. The highest BCUT2D eigenvalue weighted by molar-refractivity contribution is 5.70. The highest BCUT2D eigenvalue weighted by atomic mass is 16.6. The van der Waals surface area contributed by atoms with Crippen molar-refractivity contribution in [1.29, 1.82) is 0 Å². The molecule has 0 aliphatic carbocycles. The number of ether oxygens (including phenoxy) is 1. The Morgan fingerprint density at radius 1 is 1.24 bits per heavy atom. The topological polar surface area (TPSA) is 49.9 Å². The number of fused-ring (bicyclic) bond motifs is 2. The maximum absolute atomic E-state index is 12.7. The quantitative estimate of drug-likeness (QED) is 0.787. The Balaban J connectivity index is 1.78. The predicted molar refractivity (Wildman–Crippen MR) is 96.2 cm³/mol. The molecule has 1 amide bonds. The summed E-state index contributed by atoms with van der Waals surface area (Å²) >= 11 is 0. The molecular formula is C20H28N2O3. The fourth-order valence-corrected chi connectivity index (χ4v) is 4.10. The van der Waals surface area contributed by atoms with Gasteiger partial charge in [-0.2, -0.15) is 0 Å². The van der Waals surface area contributed by atoms with E-state index in [4.69, 9.17) is 4.74 Å². The van der Waals surface area contributed by atoms with E-state index < -0.39 is 5.60 Å². The minimum atomic E-state index is -0.525. The van der Waals surface area contributed by atoms with Gasteiger partial charge < -0.3 is 14.4 Å². The number of benzene rings is 1. The Bertz CT molecular complexity index is 611. The molecule has 0 N–H and O–H groups in total. The highest BCUT2D eigenvalue weighted by Gasteiger charge is 2.48. The lowest BCUT2D eigenvalue weighted by Gasteiger charge is -2.46. The number of hydrogen-bond acceptors (Lipinski definition) is 4. The molecule has 136 valence electrons. The van der Waals surface area contributed by atoms with Crippen molar-refractivity contribution in [1.82, 2.24) is 9.80 Å². The van der Waals surface area contributed by atoms with Gasteiger partial charge in [-0.25, -0.2) is 4.79 Å². The Morgan fingerprint density at radius 3 is 2.60 bits per heavy atom. The van der Waals surface area contributed by atoms with Crippen LogP contribution < -0.4 is 0 Å². The summed E-state index contributed by atoms with van der Waals surface area (Å²) in [4.78, 5) is 28.2. The average molecular weight is 344 g/mol. The molecule has 3 rings (SSSR count). The third-order valence-electron chi connectivity index (χ3n) is 5.12. The monoisotopic (exact) mass is 344 g/mol. The Morgan fingerprint density at radius 2 is 1.96 bits per heavy atom. The molecule has 2 bridgehead atoms. The van der Waals surface area contributed by atoms with Gasteiger partial charge in [0.2, 0.25) is 0 Å². The number of amides is 1. The van der Waals surface area contributed by atoms with Crippen molar-refractivity contribution in [3.8, 4) is 0 Å². The zero-order chi connectivity index (χ0) is 18.0. The lowest BCUT2D eigenvalue weighted by molar-refractivity contribution is -0.110. The van der Waals surface area contributed by atoms with Crippen molar-refractivity contribution in [2.75, 3.05) is 6.54 Å². The summed E-state index contributed by atoms with van der Waals surface area (Å²) in [6.45, 7) is 7.13. The second kappa shape index (κ2) is 7.16. The van der Waals surface area contributed by atoms with Gasteiger partial charge in [-0.1, -0.05) is 30.3 Å². The summed E-state index contributed by atoms with van der Waals surface area (Å²) in [5.41, 5.74) is 0.748. The van der Waals surface area contributed by atoms with Crippen LogP contribution >= 0.6 is 0 Å². The lowest BCUT2D eigenvalue weighted by atomic mass is 9.99. The van der Waals surface area contributed by atoms with Crippen LogP contribution in [0.25, 0.3) is 0 Å². The van der Waals surface area contributed by atoms with Gasteiger partial charge >= 0.3 is 6.09 Å². The first-order valence-electron chi connectivity index (χ1n) is 9.12. The number of carbonyl (C=O) groups excluding carboxylic acids is 2. The van der Waals surface area contributed by atoms with Crippen LogP contribution in [0.2, 0.25) is 0 Å². The second-order valence-electron chi connectivity index (χ2n) is 8.06. The molecule has 1 aromatic rings. The van der Waals surface area contributed by atoms with Crippen LogP contribution in [0.3, 0.4) is 0 Å². The van der Waals surface area contributed by atoms with Gasteiger partial charge in [0, 0.05) is 31.6 Å². The van der Waals surface area contributed by atoms with E-state index in [1.165, 1.54) is 5.56 Å². The highest BCUT2D eigenvalue weighted by Crippen LogP contribution is 2.37. The van der Waals surface area contributed by atoms with Crippen molar-refractivity contribution in [3.63, 3.8) is 0 Å². The molecule has 0 spiro atoms. The van der Waals surface area contributed by atoms with E-state index in [1.807, 2.05) is 26.8 Å². The lowest BCUT2D eigenvalue weighted by Crippen LogP contribution is -2.61. The fraction of sp³-hybridized carbons (Fsp3) is 0.600. The van der Waals surface area contributed by atoms with E-state index in [-0.39, 0.29) is 18.2 Å². The first kappa shape index (κ1) is 17.9. The fourth-order valence-electron chi connectivity index (χ4n) is 4.10. The molecule has 0 unspecified atom stereocenters. The Hall–Kier alpha value is -1.88. The van der Waals surface area contributed by atoms with Gasteiger partial charge in [-0.05, 0) is 39.2 Å². The number of hydrogen-bond donors (Lipinski definition) is 0. The molecule has 0 aromatic heterocycles. The molecule has 25 heavy (non-hydrogen) atoms. The molecule has 2 fully saturated rings. The van der Waals surface area contributed by atoms with E-state index in [0.29, 0.717) is 19.0 Å². The van der Waals surface area contributed by atoms with Crippen molar-refractivity contribution < 1.29 is 14.3 Å². The molecule has 0 radical (unpaired) electrons. The Kier molecular flexibility index (Phi) is 5.13. The molecule has 0 saturated carbocycles. The van der Waals surface area contributed by atoms with Gasteiger partial charge in [0.15, 0.2) is 0 Å². The average Bonchev–Trinajstić information content (AvgIpc) is 2.82. The number of carbonyl (C=O) groups is 2. The summed E-state index contributed by atoms with van der Waals surface area (Å²) in [6.07, 6.45) is 3.08. The molecule has 1 aromatic carbocycles. The van der Waals surface area contributed by atoms with Crippen LogP contribution in [-0.4, -0.2) is 52.5 Å². The molecule has 5 nitrogen and oxygen atoms in total. The summed E-state index contributed by atoms with van der Waals surface area (Å²) in [5, 5.41) is 0. The summed E-state index contributed by atoms with van der Waals surface area (Å²) < 4.78 is 5.58. The van der Waals surface area contributed by atoms with E-state index in [2.05, 4.69) is 29.2 Å². The first-order valence-corrected chi connectivity index (χ1v) is 9.12. The van der Waals surface area contributed by atoms with Gasteiger partial charge in [-0.3, -0.25) is 4.90 Å². The first-order chi connectivity index (χ1) is 11.9. The van der Waals surface area contributed by atoms with Crippen molar-refractivity contribution in [2.24, 2.45) is 0 Å². The Labute approximate surface area is 149 Å². The van der Waals surface area contributed by atoms with Gasteiger partial charge in [-0.15, -0.1) is 0 Å². The SMILES string of the molecule is CC(C)(C)OC(=O)N1C[C@H]2CC[C@@H]([C@@H]1CC=O)N2Cc1ccccc1. The van der Waals surface area contributed by atoms with E-state index >= 15 is 0 Å². The molecule has 2 aliphatic heterocycles. The largest absolute Gasteiger partial charge is 0.444 e. The minimum Gasteiger partial charge on any atom is -0.444 e. The van der Waals surface area contributed by atoms with E-state index in [1.54, 1.807) is 4.90 Å². The number of likely N-dealkylation sites (tertiary alicyclic amines) is 1. The predicted octanol–water partition coefficient (Wildman–Crippen LogP) is 3.23. The minimum absolute atomic E-state index is 0.102. The van der Waals surface area contributed by atoms with Crippen LogP contribution in [0.4, 0.5) is 4.79 Å². The summed E-state index contributed by atoms with van der Waals surface area (Å²) in [5.74, 6) is 0. The summed E-state index contributed by atoms with van der Waals surface area (Å²) in [7, 11) is 0. The molecular weight excluding hydrogens is 316 g/mol. The molecule has 3 atom stereocenters. The third-order valence-corrected chi connectivity index (χ3v) is 5.12. The standard InChI is InChI=1S/C20H28N2O3/c1-20(2,3)25-19(24)22-14-16-9-10-17(18(22)11-12-23)21(16)13-15-7-5-4-6-8-15/h4-8,12,16-18H,9-11,13-14H2,1-3H3/t16-,17+,18+/m1/s1. The third kappa shape index (κ3) is 4.03. The van der Waals surface area contributed by atoms with Crippen molar-refractivity contribution >= 4 is 12.4 Å². The van der Waals surface area contributed by atoms with Crippen LogP contribution in [-0.2, 0) is 16.1 Å². The zero-order valence-corrected chi connectivity index (χ0v) is 15.4. The summed E-state index contributed by atoms with van der Waals surface area (Å²) in [6, 6.07) is 10.8. The number of rotatable bonds is 4. The van der Waals surface area contributed by atoms with Crippen LogP contribution in [0, 0.1) is 0 Å². The normalized spacial score (nSPS) is 26.5. The second-order valence-corrected chi connectivity index (χ2v) is 8.06. The number of nitrogens with zero attached hydrogens (tertiary/aromatic N) is 2. The van der Waals surface area contributed by atoms with Crippen LogP contribution in [0.15, 0.2) is 30.3 Å². The maximum Gasteiger partial charge on any atom is 0.410 e. The van der Waals surface area contributed by atoms with Crippen LogP contribution in [0.5, 0.6) is 0 Å². The van der Waals surface area contributed by atoms with Crippen molar-refractivity contribution in [2.45, 2.75) is 70.3 Å².